The second kappa shape index (κ2) is 6.17. The summed E-state index contributed by atoms with van der Waals surface area (Å²) < 4.78 is 25.6. The average Bonchev–Trinajstić information content (AvgIpc) is 3.33. The van der Waals surface area contributed by atoms with Gasteiger partial charge < -0.3 is 4.52 Å². The standard InChI is InChI=1S/C21H15FN4OS/c1-12-8-18(28-26-12)14-10-16-19(25-27-20(16)24-11-14)21(2,22)15-5-6-17-13(9-15)4-3-7-23-17/h3-11H,1-2H3. The zero-order valence-corrected chi connectivity index (χ0v) is 16.0. The maximum Gasteiger partial charge on any atom is 0.258 e. The van der Waals surface area contributed by atoms with Gasteiger partial charge in [0, 0.05) is 23.3 Å². The molecule has 7 heteroatoms. The molecule has 5 nitrogen and oxygen atoms in total. The summed E-state index contributed by atoms with van der Waals surface area (Å²) in [6.45, 7) is 3.43. The lowest BCUT2D eigenvalue weighted by Crippen LogP contribution is -2.18. The first kappa shape index (κ1) is 16.9. The van der Waals surface area contributed by atoms with Gasteiger partial charge in [-0.05, 0) is 61.3 Å². The van der Waals surface area contributed by atoms with Crippen LogP contribution in [-0.4, -0.2) is 19.5 Å². The Morgan fingerprint density at radius 2 is 2.00 bits per heavy atom. The highest BCUT2D eigenvalue weighted by atomic mass is 32.1. The second-order valence-electron chi connectivity index (χ2n) is 6.85. The predicted octanol–water partition coefficient (Wildman–Crippen LogP) is 5.44. The Balaban J connectivity index is 1.65. The zero-order valence-electron chi connectivity index (χ0n) is 15.2. The van der Waals surface area contributed by atoms with Gasteiger partial charge >= 0.3 is 0 Å². The lowest BCUT2D eigenvalue weighted by atomic mass is 9.91. The van der Waals surface area contributed by atoms with E-state index >= 15 is 4.39 Å². The number of aryl methyl sites for hydroxylation is 1. The molecule has 0 saturated heterocycles. The average molecular weight is 390 g/mol. The van der Waals surface area contributed by atoms with E-state index in [1.165, 1.54) is 18.5 Å². The van der Waals surface area contributed by atoms with Gasteiger partial charge in [-0.25, -0.2) is 9.37 Å². The monoisotopic (exact) mass is 390 g/mol. The van der Waals surface area contributed by atoms with E-state index in [9.17, 15) is 0 Å². The van der Waals surface area contributed by atoms with Crippen molar-refractivity contribution >= 4 is 33.5 Å². The molecule has 0 fully saturated rings. The first-order chi connectivity index (χ1) is 13.5. The van der Waals surface area contributed by atoms with Gasteiger partial charge in [-0.1, -0.05) is 17.3 Å². The molecule has 5 rings (SSSR count). The Morgan fingerprint density at radius 3 is 2.82 bits per heavy atom. The minimum atomic E-state index is -1.85. The molecule has 28 heavy (non-hydrogen) atoms. The fraction of sp³-hybridized carbons (Fsp3) is 0.143. The van der Waals surface area contributed by atoms with Gasteiger partial charge in [0.1, 0.15) is 5.69 Å². The number of rotatable bonds is 3. The second-order valence-corrected chi connectivity index (χ2v) is 7.66. The van der Waals surface area contributed by atoms with E-state index in [0.29, 0.717) is 16.7 Å². The maximum absolute atomic E-state index is 16.0. The van der Waals surface area contributed by atoms with E-state index < -0.39 is 5.67 Å². The normalized spacial score (nSPS) is 13.8. The Bertz CT molecular complexity index is 1320. The number of hydrogen-bond acceptors (Lipinski definition) is 6. The van der Waals surface area contributed by atoms with E-state index in [4.69, 9.17) is 4.52 Å². The van der Waals surface area contributed by atoms with E-state index in [0.717, 1.165) is 27.0 Å². The fourth-order valence-electron chi connectivity index (χ4n) is 3.31. The number of benzene rings is 1. The first-order valence-electron chi connectivity index (χ1n) is 8.76. The van der Waals surface area contributed by atoms with Crippen molar-refractivity contribution in [1.82, 2.24) is 19.5 Å². The van der Waals surface area contributed by atoms with Crippen molar-refractivity contribution in [2.45, 2.75) is 19.5 Å². The molecule has 5 aromatic rings. The third kappa shape index (κ3) is 2.66. The van der Waals surface area contributed by atoms with Crippen LogP contribution < -0.4 is 0 Å². The minimum absolute atomic E-state index is 0.210. The largest absolute Gasteiger partial charge is 0.335 e. The molecule has 4 aromatic heterocycles. The van der Waals surface area contributed by atoms with Gasteiger partial charge in [-0.2, -0.15) is 4.37 Å². The number of pyridine rings is 2. The smallest absolute Gasteiger partial charge is 0.258 e. The molecule has 0 aliphatic rings. The van der Waals surface area contributed by atoms with Crippen molar-refractivity contribution in [1.29, 1.82) is 0 Å². The van der Waals surface area contributed by atoms with Crippen LogP contribution in [0.15, 0.2) is 59.4 Å². The number of fused-ring (bicyclic) bond motifs is 2. The lowest BCUT2D eigenvalue weighted by molar-refractivity contribution is 0.235. The van der Waals surface area contributed by atoms with E-state index in [2.05, 4.69) is 19.5 Å². The quantitative estimate of drug-likeness (QED) is 0.411. The molecule has 0 N–H and O–H groups in total. The van der Waals surface area contributed by atoms with Crippen LogP contribution in [0.3, 0.4) is 0 Å². The van der Waals surface area contributed by atoms with Crippen LogP contribution in [-0.2, 0) is 5.67 Å². The highest BCUT2D eigenvalue weighted by Gasteiger charge is 2.35. The Morgan fingerprint density at radius 1 is 1.11 bits per heavy atom. The number of alkyl halides is 1. The molecule has 138 valence electrons. The summed E-state index contributed by atoms with van der Waals surface area (Å²) in [4.78, 5) is 9.58. The SMILES string of the molecule is Cc1cc(-c2cnc3onc(C(C)(F)c4ccc5ncccc5c4)c3c2)sn1. The minimum Gasteiger partial charge on any atom is -0.335 e. The van der Waals surface area contributed by atoms with Gasteiger partial charge in [0.15, 0.2) is 5.67 Å². The van der Waals surface area contributed by atoms with Crippen molar-refractivity contribution in [2.75, 3.05) is 0 Å². The number of hydrogen-bond donors (Lipinski definition) is 0. The van der Waals surface area contributed by atoms with Crippen LogP contribution in [0.4, 0.5) is 4.39 Å². The molecule has 0 aliphatic carbocycles. The van der Waals surface area contributed by atoms with Crippen molar-refractivity contribution in [3.05, 3.63) is 71.8 Å². The van der Waals surface area contributed by atoms with Crippen LogP contribution in [0.2, 0.25) is 0 Å². The summed E-state index contributed by atoms with van der Waals surface area (Å²) in [5.74, 6) is 0. The summed E-state index contributed by atoms with van der Waals surface area (Å²) in [6.07, 6.45) is 3.41. The van der Waals surface area contributed by atoms with Crippen LogP contribution in [0.5, 0.6) is 0 Å². The van der Waals surface area contributed by atoms with Crippen LogP contribution in [0.25, 0.3) is 32.4 Å². The predicted molar refractivity (Wildman–Crippen MR) is 107 cm³/mol. The van der Waals surface area contributed by atoms with Crippen molar-refractivity contribution < 1.29 is 8.91 Å². The van der Waals surface area contributed by atoms with Crippen LogP contribution in [0.1, 0.15) is 23.9 Å². The third-order valence-corrected chi connectivity index (χ3v) is 5.76. The molecular formula is C21H15FN4OS. The van der Waals surface area contributed by atoms with E-state index in [1.807, 2.05) is 37.3 Å². The molecule has 0 aliphatic heterocycles. The summed E-state index contributed by atoms with van der Waals surface area (Å²) in [5, 5.41) is 5.45. The molecule has 0 spiro atoms. The van der Waals surface area contributed by atoms with E-state index in [1.54, 1.807) is 24.5 Å². The highest BCUT2D eigenvalue weighted by molar-refractivity contribution is 7.09. The van der Waals surface area contributed by atoms with Crippen molar-refractivity contribution in [2.24, 2.45) is 0 Å². The molecule has 0 amide bonds. The van der Waals surface area contributed by atoms with Crippen molar-refractivity contribution in [3.8, 4) is 10.4 Å². The van der Waals surface area contributed by atoms with Gasteiger partial charge in [0.2, 0.25) is 0 Å². The molecule has 1 unspecified atom stereocenters. The van der Waals surface area contributed by atoms with Gasteiger partial charge in [-0.3, -0.25) is 4.98 Å². The molecule has 0 radical (unpaired) electrons. The molecule has 0 bridgehead atoms. The van der Waals surface area contributed by atoms with Gasteiger partial charge in [0.05, 0.1) is 21.5 Å². The topological polar surface area (TPSA) is 64.7 Å². The number of aromatic nitrogens is 4. The third-order valence-electron chi connectivity index (χ3n) is 4.83. The number of halogens is 1. The first-order valence-corrected chi connectivity index (χ1v) is 9.53. The zero-order chi connectivity index (χ0) is 19.3. The molecule has 0 saturated carbocycles. The fourth-order valence-corrected chi connectivity index (χ4v) is 4.05. The molecular weight excluding hydrogens is 375 g/mol. The Hall–Kier alpha value is -3.19. The molecule has 1 aromatic carbocycles. The van der Waals surface area contributed by atoms with Gasteiger partial charge in [0.25, 0.3) is 5.71 Å². The van der Waals surface area contributed by atoms with Crippen molar-refractivity contribution in [3.63, 3.8) is 0 Å². The molecule has 4 heterocycles. The van der Waals surface area contributed by atoms with E-state index in [-0.39, 0.29) is 5.69 Å². The highest BCUT2D eigenvalue weighted by Crippen LogP contribution is 2.39. The molecule has 1 atom stereocenters. The summed E-state index contributed by atoms with van der Waals surface area (Å²) in [5.41, 5.74) is 1.78. The van der Waals surface area contributed by atoms with Crippen LogP contribution >= 0.6 is 11.5 Å². The number of nitrogens with zero attached hydrogens (tertiary/aromatic N) is 4. The van der Waals surface area contributed by atoms with Gasteiger partial charge in [-0.15, -0.1) is 0 Å². The summed E-state index contributed by atoms with van der Waals surface area (Å²) >= 11 is 1.38. The Kier molecular flexibility index (Phi) is 3.73. The van der Waals surface area contributed by atoms with Crippen LogP contribution in [0, 0.1) is 6.92 Å². The Labute approximate surface area is 164 Å². The maximum atomic E-state index is 16.0. The lowest BCUT2D eigenvalue weighted by Gasteiger charge is -2.19. The summed E-state index contributed by atoms with van der Waals surface area (Å²) in [7, 11) is 0. The summed E-state index contributed by atoms with van der Waals surface area (Å²) in [6, 6.07) is 12.9.